The fourth-order valence-electron chi connectivity index (χ4n) is 11.7. The average molecular weight is 1130 g/mol. The van der Waals surface area contributed by atoms with Crippen molar-refractivity contribution in [3.63, 3.8) is 0 Å². The van der Waals surface area contributed by atoms with E-state index in [4.69, 9.17) is 4.74 Å². The van der Waals surface area contributed by atoms with Crippen LogP contribution in [0.2, 0.25) is 0 Å². The molecule has 0 aromatic rings. The van der Waals surface area contributed by atoms with Gasteiger partial charge >= 0.3 is 5.97 Å². The second-order valence-electron chi connectivity index (χ2n) is 25.3. The van der Waals surface area contributed by atoms with E-state index >= 15 is 0 Å². The summed E-state index contributed by atoms with van der Waals surface area (Å²) in [6.45, 7) is 4.99. The summed E-state index contributed by atoms with van der Waals surface area (Å²) in [7, 11) is 0. The van der Waals surface area contributed by atoms with Crippen molar-refractivity contribution in [2.45, 2.75) is 424 Å². The molecule has 0 aromatic carbocycles. The molecule has 80 heavy (non-hydrogen) atoms. The summed E-state index contributed by atoms with van der Waals surface area (Å²) in [5.74, 6) is -0.0137. The van der Waals surface area contributed by atoms with Gasteiger partial charge in [0.05, 0.1) is 25.4 Å². The number of aliphatic hydroxyl groups excluding tert-OH is 2. The van der Waals surface area contributed by atoms with Gasteiger partial charge in [0.2, 0.25) is 5.91 Å². The Morgan fingerprint density at radius 2 is 0.625 bits per heavy atom. The van der Waals surface area contributed by atoms with Crippen LogP contribution in [0.15, 0.2) is 24.3 Å². The lowest BCUT2D eigenvalue weighted by atomic mass is 10.0. The van der Waals surface area contributed by atoms with Crippen LogP contribution in [0.4, 0.5) is 0 Å². The molecule has 6 nitrogen and oxygen atoms in total. The summed E-state index contributed by atoms with van der Waals surface area (Å²) in [5.41, 5.74) is 0. The number of carbonyl (C=O) groups excluding carboxylic acids is 2. The summed E-state index contributed by atoms with van der Waals surface area (Å²) >= 11 is 0. The van der Waals surface area contributed by atoms with Crippen LogP contribution in [0, 0.1) is 0 Å². The van der Waals surface area contributed by atoms with Gasteiger partial charge in [0.25, 0.3) is 0 Å². The SMILES string of the molecule is CCCCCCCCCCCCCCCCCCCC(O)C(CO)NC(=O)CCCCCCCCCCCCCCCCC/C=C\C/C=C\CCCCCCCCCCCOC(=O)CCCCCCCCCCCCCCCCC. The number of hydrogen-bond donors (Lipinski definition) is 3. The highest BCUT2D eigenvalue weighted by molar-refractivity contribution is 5.76. The first-order valence-electron chi connectivity index (χ1n) is 36.6. The highest BCUT2D eigenvalue weighted by Crippen LogP contribution is 2.19. The maximum Gasteiger partial charge on any atom is 0.305 e. The Morgan fingerprint density at radius 3 is 0.950 bits per heavy atom. The first kappa shape index (κ1) is 78.3. The van der Waals surface area contributed by atoms with E-state index < -0.39 is 12.1 Å². The second-order valence-corrected chi connectivity index (χ2v) is 25.3. The largest absolute Gasteiger partial charge is 0.466 e. The molecule has 0 radical (unpaired) electrons. The molecule has 2 unspecified atom stereocenters. The van der Waals surface area contributed by atoms with Crippen molar-refractivity contribution in [2.75, 3.05) is 13.2 Å². The third kappa shape index (κ3) is 65.5. The fraction of sp³-hybridized carbons (Fsp3) is 0.919. The van der Waals surface area contributed by atoms with Crippen LogP contribution < -0.4 is 5.32 Å². The van der Waals surface area contributed by atoms with Crippen molar-refractivity contribution in [1.82, 2.24) is 5.32 Å². The van der Waals surface area contributed by atoms with Crippen molar-refractivity contribution in [3.05, 3.63) is 24.3 Å². The molecule has 0 saturated carbocycles. The molecule has 0 heterocycles. The molecular weight excluding hydrogens is 983 g/mol. The molecule has 474 valence electrons. The van der Waals surface area contributed by atoms with Gasteiger partial charge in [-0.2, -0.15) is 0 Å². The van der Waals surface area contributed by atoms with Gasteiger partial charge in [-0.1, -0.05) is 366 Å². The number of aliphatic hydroxyl groups is 2. The number of amides is 1. The van der Waals surface area contributed by atoms with E-state index in [0.717, 1.165) is 44.9 Å². The van der Waals surface area contributed by atoms with E-state index in [1.54, 1.807) is 0 Å². The van der Waals surface area contributed by atoms with E-state index in [9.17, 15) is 19.8 Å². The van der Waals surface area contributed by atoms with Crippen LogP contribution >= 0.6 is 0 Å². The number of nitrogens with one attached hydrogen (secondary N) is 1. The van der Waals surface area contributed by atoms with E-state index in [-0.39, 0.29) is 18.5 Å². The summed E-state index contributed by atoms with van der Waals surface area (Å²) in [5, 5.41) is 23.4. The quantitative estimate of drug-likeness (QED) is 0.0320. The molecule has 0 spiro atoms. The van der Waals surface area contributed by atoms with Crippen molar-refractivity contribution >= 4 is 11.9 Å². The second kappa shape index (κ2) is 69.8. The van der Waals surface area contributed by atoms with Gasteiger partial charge in [-0.05, 0) is 57.8 Å². The van der Waals surface area contributed by atoms with E-state index in [1.165, 1.54) is 334 Å². The Balaban J connectivity index is 3.38. The lowest BCUT2D eigenvalue weighted by Crippen LogP contribution is -2.45. The molecule has 0 bridgehead atoms. The molecule has 1 amide bonds. The number of hydrogen-bond acceptors (Lipinski definition) is 5. The van der Waals surface area contributed by atoms with Gasteiger partial charge in [0.15, 0.2) is 0 Å². The van der Waals surface area contributed by atoms with Gasteiger partial charge in [-0.25, -0.2) is 0 Å². The van der Waals surface area contributed by atoms with Crippen LogP contribution in [-0.4, -0.2) is 47.4 Å². The van der Waals surface area contributed by atoms with Crippen LogP contribution in [0.5, 0.6) is 0 Å². The Morgan fingerprint density at radius 1 is 0.350 bits per heavy atom. The number of ether oxygens (including phenoxy) is 1. The normalized spacial score (nSPS) is 12.6. The molecule has 0 rings (SSSR count). The average Bonchev–Trinajstić information content (AvgIpc) is 3.46. The molecule has 0 aliphatic carbocycles. The zero-order valence-electron chi connectivity index (χ0n) is 54.3. The van der Waals surface area contributed by atoms with Crippen LogP contribution in [-0.2, 0) is 14.3 Å². The lowest BCUT2D eigenvalue weighted by Gasteiger charge is -2.22. The Bertz CT molecular complexity index is 1250. The van der Waals surface area contributed by atoms with Crippen molar-refractivity contribution < 1.29 is 24.5 Å². The molecule has 0 aliphatic rings. The smallest absolute Gasteiger partial charge is 0.305 e. The number of rotatable bonds is 69. The minimum absolute atomic E-state index is 0.0169. The van der Waals surface area contributed by atoms with Crippen molar-refractivity contribution in [1.29, 1.82) is 0 Å². The van der Waals surface area contributed by atoms with Gasteiger partial charge in [0.1, 0.15) is 0 Å². The fourth-order valence-corrected chi connectivity index (χ4v) is 11.7. The zero-order chi connectivity index (χ0) is 57.8. The highest BCUT2D eigenvalue weighted by Gasteiger charge is 2.20. The lowest BCUT2D eigenvalue weighted by molar-refractivity contribution is -0.143. The Labute approximate surface area is 501 Å². The maximum absolute atomic E-state index is 12.5. The number of allylic oxidation sites excluding steroid dienone is 4. The molecule has 2 atom stereocenters. The third-order valence-electron chi connectivity index (χ3n) is 17.3. The molecule has 3 N–H and O–H groups in total. The Hall–Kier alpha value is -1.66. The van der Waals surface area contributed by atoms with E-state index in [0.29, 0.717) is 25.9 Å². The van der Waals surface area contributed by atoms with E-state index in [1.807, 2.05) is 0 Å². The standard InChI is InChI=1S/C74H143NO5/c1-3-5-7-9-11-13-15-17-19-35-39-42-46-50-54-58-62-66-72(77)71(70-76)75-73(78)67-63-59-55-51-47-43-40-36-33-31-29-27-25-23-21-20-22-24-26-28-30-32-34-37-41-45-49-53-57-61-65-69-80-74(79)68-64-60-56-52-48-44-38-18-16-14-12-10-8-6-4-2/h22,24,28,30,71-72,76-77H,3-21,23,25-27,29,31-70H2,1-2H3,(H,75,78)/b24-22-,30-28-. The highest BCUT2D eigenvalue weighted by atomic mass is 16.5. The summed E-state index contributed by atoms with van der Waals surface area (Å²) in [6.07, 6.45) is 88.1. The summed E-state index contributed by atoms with van der Waals surface area (Å²) in [6, 6.07) is -0.541. The minimum Gasteiger partial charge on any atom is -0.466 e. The first-order valence-corrected chi connectivity index (χ1v) is 36.6. The molecular formula is C74H143NO5. The van der Waals surface area contributed by atoms with Crippen LogP contribution in [0.3, 0.4) is 0 Å². The predicted molar refractivity (Wildman–Crippen MR) is 352 cm³/mol. The first-order chi connectivity index (χ1) is 39.5. The monoisotopic (exact) mass is 1130 g/mol. The Kier molecular flexibility index (Phi) is 68.4. The van der Waals surface area contributed by atoms with E-state index in [2.05, 4.69) is 43.5 Å². The van der Waals surface area contributed by atoms with Crippen molar-refractivity contribution in [3.8, 4) is 0 Å². The molecule has 0 saturated heterocycles. The zero-order valence-corrected chi connectivity index (χ0v) is 54.3. The van der Waals surface area contributed by atoms with Crippen LogP contribution in [0.25, 0.3) is 0 Å². The summed E-state index contributed by atoms with van der Waals surface area (Å²) in [4.78, 5) is 24.6. The van der Waals surface area contributed by atoms with Gasteiger partial charge in [-0.3, -0.25) is 9.59 Å². The minimum atomic E-state index is -0.664. The summed E-state index contributed by atoms with van der Waals surface area (Å²) < 4.78 is 5.50. The number of esters is 1. The van der Waals surface area contributed by atoms with Gasteiger partial charge < -0.3 is 20.3 Å². The third-order valence-corrected chi connectivity index (χ3v) is 17.3. The number of carbonyl (C=O) groups is 2. The number of unbranched alkanes of at least 4 members (excludes halogenated alkanes) is 54. The predicted octanol–water partition coefficient (Wildman–Crippen LogP) is 23.7. The molecule has 0 aromatic heterocycles. The van der Waals surface area contributed by atoms with Gasteiger partial charge in [-0.15, -0.1) is 0 Å². The van der Waals surface area contributed by atoms with Gasteiger partial charge in [0, 0.05) is 12.8 Å². The topological polar surface area (TPSA) is 95.9 Å². The molecule has 0 fully saturated rings. The van der Waals surface area contributed by atoms with Crippen LogP contribution in [0.1, 0.15) is 412 Å². The van der Waals surface area contributed by atoms with Crippen molar-refractivity contribution in [2.24, 2.45) is 0 Å². The molecule has 0 aliphatic heterocycles. The maximum atomic E-state index is 12.5. The molecule has 6 heteroatoms.